The summed E-state index contributed by atoms with van der Waals surface area (Å²) in [7, 11) is 0. The van der Waals surface area contributed by atoms with Crippen LogP contribution in [0.25, 0.3) is 0 Å². The van der Waals surface area contributed by atoms with Gasteiger partial charge in [0.05, 0.1) is 0 Å². The highest BCUT2D eigenvalue weighted by Gasteiger charge is 2.21. The van der Waals surface area contributed by atoms with Crippen molar-refractivity contribution in [1.82, 2.24) is 15.5 Å². The molecule has 0 aromatic rings. The van der Waals surface area contributed by atoms with E-state index in [1.165, 1.54) is 19.4 Å². The van der Waals surface area contributed by atoms with E-state index in [4.69, 9.17) is 0 Å². The number of hydrogen-bond acceptors (Lipinski definition) is 3. The van der Waals surface area contributed by atoms with Gasteiger partial charge in [0.15, 0.2) is 0 Å². The normalized spacial score (nSPS) is 20.7. The summed E-state index contributed by atoms with van der Waals surface area (Å²) in [6, 6.07) is 0.411. The Balaban J connectivity index is 0.00000242. The quantitative estimate of drug-likeness (QED) is 0.758. The van der Waals surface area contributed by atoms with Crippen LogP contribution in [0.15, 0.2) is 0 Å². The fourth-order valence-corrected chi connectivity index (χ4v) is 3.58. The van der Waals surface area contributed by atoms with Gasteiger partial charge in [-0.3, -0.25) is 4.79 Å². The van der Waals surface area contributed by atoms with E-state index < -0.39 is 0 Å². The number of piperidine rings is 2. The lowest BCUT2D eigenvalue weighted by Crippen LogP contribution is -2.45. The Morgan fingerprint density at radius 3 is 2.30 bits per heavy atom. The molecule has 0 atom stereocenters. The second-order valence-electron chi connectivity index (χ2n) is 7.27. The molecule has 6 heteroatoms. The van der Waals surface area contributed by atoms with Gasteiger partial charge in [-0.05, 0) is 57.0 Å². The van der Waals surface area contributed by atoms with E-state index in [0.29, 0.717) is 6.04 Å². The Morgan fingerprint density at radius 2 is 1.74 bits per heavy atom. The van der Waals surface area contributed by atoms with E-state index in [-0.39, 0.29) is 30.7 Å². The third-order valence-corrected chi connectivity index (χ3v) is 4.81. The third kappa shape index (κ3) is 9.13. The topological polar surface area (TPSA) is 44.4 Å². The molecule has 0 aromatic carbocycles. The molecule has 0 unspecified atom stereocenters. The van der Waals surface area contributed by atoms with Gasteiger partial charge in [-0.15, -0.1) is 24.8 Å². The highest BCUT2D eigenvalue weighted by molar-refractivity contribution is 5.85. The molecule has 1 amide bonds. The van der Waals surface area contributed by atoms with Crippen LogP contribution in [0.1, 0.15) is 52.4 Å². The Morgan fingerprint density at radius 1 is 1.13 bits per heavy atom. The van der Waals surface area contributed by atoms with E-state index in [2.05, 4.69) is 29.4 Å². The predicted molar refractivity (Wildman–Crippen MR) is 102 cm³/mol. The first-order valence-electron chi connectivity index (χ1n) is 8.86. The Bertz CT molecular complexity index is 315. The van der Waals surface area contributed by atoms with Crippen molar-refractivity contribution >= 4 is 30.7 Å². The monoisotopic (exact) mass is 367 g/mol. The zero-order chi connectivity index (χ0) is 15.1. The van der Waals surface area contributed by atoms with Gasteiger partial charge in [-0.2, -0.15) is 0 Å². The van der Waals surface area contributed by atoms with Gasteiger partial charge in [0, 0.05) is 32.1 Å². The SMILES string of the molecule is CC(C)CN1CCC(NC(=O)CCC2CCNCC2)CC1.Cl.Cl. The molecule has 2 rings (SSSR count). The fraction of sp³-hybridized carbons (Fsp3) is 0.941. The maximum Gasteiger partial charge on any atom is 0.220 e. The number of nitrogens with zero attached hydrogens (tertiary/aromatic N) is 1. The molecule has 2 heterocycles. The number of carbonyl (C=O) groups excluding carboxylic acids is 1. The molecule has 4 nitrogen and oxygen atoms in total. The second kappa shape index (κ2) is 12.3. The minimum atomic E-state index is 0. The number of rotatable bonds is 6. The van der Waals surface area contributed by atoms with Gasteiger partial charge in [-0.1, -0.05) is 13.8 Å². The van der Waals surface area contributed by atoms with Crippen molar-refractivity contribution in [3.63, 3.8) is 0 Å². The molecule has 23 heavy (non-hydrogen) atoms. The first-order chi connectivity index (χ1) is 10.1. The Kier molecular flexibility index (Phi) is 12.3. The molecule has 0 aliphatic carbocycles. The molecule has 2 N–H and O–H groups in total. The second-order valence-corrected chi connectivity index (χ2v) is 7.27. The van der Waals surface area contributed by atoms with Gasteiger partial charge in [0.25, 0.3) is 0 Å². The van der Waals surface area contributed by atoms with Gasteiger partial charge in [0.2, 0.25) is 5.91 Å². The molecular weight excluding hydrogens is 333 g/mol. The third-order valence-electron chi connectivity index (χ3n) is 4.81. The molecule has 0 radical (unpaired) electrons. The summed E-state index contributed by atoms with van der Waals surface area (Å²) in [6.07, 6.45) is 6.50. The van der Waals surface area contributed by atoms with Crippen molar-refractivity contribution in [2.24, 2.45) is 11.8 Å². The summed E-state index contributed by atoms with van der Waals surface area (Å²) >= 11 is 0. The Hall–Kier alpha value is -0.0300. The highest BCUT2D eigenvalue weighted by Crippen LogP contribution is 2.18. The summed E-state index contributed by atoms with van der Waals surface area (Å²) < 4.78 is 0. The highest BCUT2D eigenvalue weighted by atomic mass is 35.5. The van der Waals surface area contributed by atoms with Crippen LogP contribution < -0.4 is 10.6 Å². The van der Waals surface area contributed by atoms with Crippen LogP contribution in [0, 0.1) is 11.8 Å². The van der Waals surface area contributed by atoms with E-state index in [9.17, 15) is 4.79 Å². The van der Waals surface area contributed by atoms with E-state index >= 15 is 0 Å². The van der Waals surface area contributed by atoms with E-state index in [0.717, 1.165) is 63.7 Å². The van der Waals surface area contributed by atoms with Crippen LogP contribution >= 0.6 is 24.8 Å². The molecule has 138 valence electrons. The van der Waals surface area contributed by atoms with Crippen LogP contribution in [-0.4, -0.2) is 49.6 Å². The molecule has 2 aliphatic heterocycles. The van der Waals surface area contributed by atoms with Crippen molar-refractivity contribution in [2.75, 3.05) is 32.7 Å². The number of amides is 1. The zero-order valence-electron chi connectivity index (χ0n) is 14.7. The molecule has 2 aliphatic rings. The summed E-state index contributed by atoms with van der Waals surface area (Å²) in [5.41, 5.74) is 0. The molecular formula is C17H35Cl2N3O. The lowest BCUT2D eigenvalue weighted by molar-refractivity contribution is -0.122. The lowest BCUT2D eigenvalue weighted by Gasteiger charge is -2.33. The summed E-state index contributed by atoms with van der Waals surface area (Å²) in [6.45, 7) is 10.3. The molecule has 0 aromatic heterocycles. The van der Waals surface area contributed by atoms with Crippen molar-refractivity contribution in [1.29, 1.82) is 0 Å². The van der Waals surface area contributed by atoms with Crippen LogP contribution in [0.2, 0.25) is 0 Å². The van der Waals surface area contributed by atoms with Crippen molar-refractivity contribution in [3.05, 3.63) is 0 Å². The van der Waals surface area contributed by atoms with Gasteiger partial charge < -0.3 is 15.5 Å². The standard InChI is InChI=1S/C17H33N3O.2ClH/c1-14(2)13-20-11-7-16(8-12-20)19-17(21)4-3-15-5-9-18-10-6-15;;/h14-16,18H,3-13H2,1-2H3,(H,19,21);2*1H. The van der Waals surface area contributed by atoms with Crippen LogP contribution in [0.4, 0.5) is 0 Å². The van der Waals surface area contributed by atoms with Gasteiger partial charge in [0.1, 0.15) is 0 Å². The average Bonchev–Trinajstić information content (AvgIpc) is 2.48. The summed E-state index contributed by atoms with van der Waals surface area (Å²) in [5.74, 6) is 1.77. The number of likely N-dealkylation sites (tertiary alicyclic amines) is 1. The maximum absolute atomic E-state index is 12.1. The fourth-order valence-electron chi connectivity index (χ4n) is 3.58. The minimum Gasteiger partial charge on any atom is -0.353 e. The predicted octanol–water partition coefficient (Wildman–Crippen LogP) is 2.85. The molecule has 2 saturated heterocycles. The number of halogens is 2. The van der Waals surface area contributed by atoms with Crippen molar-refractivity contribution < 1.29 is 4.79 Å². The lowest BCUT2D eigenvalue weighted by atomic mass is 9.93. The summed E-state index contributed by atoms with van der Waals surface area (Å²) in [4.78, 5) is 14.6. The molecule has 0 spiro atoms. The first kappa shape index (κ1) is 23.0. The van der Waals surface area contributed by atoms with Crippen LogP contribution in [0.3, 0.4) is 0 Å². The molecule has 2 fully saturated rings. The summed E-state index contributed by atoms with van der Waals surface area (Å²) in [5, 5.41) is 6.63. The average molecular weight is 368 g/mol. The van der Waals surface area contributed by atoms with E-state index in [1.807, 2.05) is 0 Å². The molecule has 0 bridgehead atoms. The first-order valence-corrected chi connectivity index (χ1v) is 8.86. The van der Waals surface area contributed by atoms with Crippen molar-refractivity contribution in [3.8, 4) is 0 Å². The largest absolute Gasteiger partial charge is 0.353 e. The van der Waals surface area contributed by atoms with Crippen LogP contribution in [0.5, 0.6) is 0 Å². The van der Waals surface area contributed by atoms with Gasteiger partial charge >= 0.3 is 0 Å². The van der Waals surface area contributed by atoms with Gasteiger partial charge in [-0.25, -0.2) is 0 Å². The van der Waals surface area contributed by atoms with Crippen molar-refractivity contribution in [2.45, 2.75) is 58.4 Å². The smallest absolute Gasteiger partial charge is 0.220 e. The number of nitrogens with one attached hydrogen (secondary N) is 2. The zero-order valence-corrected chi connectivity index (χ0v) is 16.3. The minimum absolute atomic E-state index is 0. The Labute approximate surface area is 154 Å². The number of carbonyl (C=O) groups is 1. The number of hydrogen-bond donors (Lipinski definition) is 2. The van der Waals surface area contributed by atoms with E-state index in [1.54, 1.807) is 0 Å². The molecule has 0 saturated carbocycles. The maximum atomic E-state index is 12.1. The van der Waals surface area contributed by atoms with Crippen LogP contribution in [-0.2, 0) is 4.79 Å².